The number of phenols is 1. The number of ether oxygens (including phenoxy) is 1. The lowest BCUT2D eigenvalue weighted by molar-refractivity contribution is 0.0693. The number of hydrogen-bond donors (Lipinski definition) is 2. The van der Waals surface area contributed by atoms with E-state index in [-0.39, 0.29) is 34.9 Å². The molecule has 0 saturated carbocycles. The van der Waals surface area contributed by atoms with Gasteiger partial charge in [-0.3, -0.25) is 14.5 Å². The van der Waals surface area contributed by atoms with Crippen molar-refractivity contribution in [2.45, 2.75) is 6.61 Å². The molecule has 132 valence electrons. The van der Waals surface area contributed by atoms with Gasteiger partial charge in [-0.1, -0.05) is 0 Å². The number of nitrogens with zero attached hydrogens (tertiary/aromatic N) is 4. The van der Waals surface area contributed by atoms with E-state index in [0.29, 0.717) is 16.6 Å². The number of aliphatic hydroxyl groups is 1. The first kappa shape index (κ1) is 16.0. The van der Waals surface area contributed by atoms with Gasteiger partial charge in [0.25, 0.3) is 11.8 Å². The van der Waals surface area contributed by atoms with Crippen LogP contribution in [0.5, 0.6) is 11.5 Å². The largest absolute Gasteiger partial charge is 0.503 e. The maximum absolute atomic E-state index is 12.1. The van der Waals surface area contributed by atoms with Gasteiger partial charge in [-0.05, 0) is 29.8 Å². The smallest absolute Gasteiger partial charge is 0.261 e. The Kier molecular flexibility index (Phi) is 3.41. The number of imide groups is 1. The van der Waals surface area contributed by atoms with Crippen LogP contribution < -0.4 is 4.74 Å². The van der Waals surface area contributed by atoms with Gasteiger partial charge in [0.2, 0.25) is 0 Å². The van der Waals surface area contributed by atoms with E-state index >= 15 is 0 Å². The number of methoxy groups -OCH3 is 1. The van der Waals surface area contributed by atoms with Gasteiger partial charge >= 0.3 is 0 Å². The molecule has 1 aromatic heterocycles. The van der Waals surface area contributed by atoms with E-state index in [4.69, 9.17) is 4.74 Å². The molecule has 3 aromatic rings. The topological polar surface area (TPSA) is 118 Å². The standard InChI is InChI=1S/C17H14N4O5/c1-20-16(24)9-5-11-12(6-10(9)17(20)25)19-21(18-11)13-3-8(7-22)4-14(26-2)15(13)23/h3-6,22-23H,7H2,1-2H3. The minimum absolute atomic E-state index is 0.169. The maximum Gasteiger partial charge on any atom is 0.261 e. The number of rotatable bonds is 3. The molecule has 0 saturated heterocycles. The van der Waals surface area contributed by atoms with Gasteiger partial charge in [-0.15, -0.1) is 15.0 Å². The van der Waals surface area contributed by atoms with Gasteiger partial charge in [-0.25, -0.2) is 0 Å². The lowest BCUT2D eigenvalue weighted by Gasteiger charge is -2.10. The zero-order chi connectivity index (χ0) is 18.6. The monoisotopic (exact) mass is 354 g/mol. The van der Waals surface area contributed by atoms with Gasteiger partial charge in [0.15, 0.2) is 11.5 Å². The normalized spacial score (nSPS) is 13.6. The molecule has 0 unspecified atom stereocenters. The number of hydrogen-bond acceptors (Lipinski definition) is 7. The van der Waals surface area contributed by atoms with Crippen molar-refractivity contribution >= 4 is 22.8 Å². The fourth-order valence-electron chi connectivity index (χ4n) is 2.93. The Morgan fingerprint density at radius 1 is 1.04 bits per heavy atom. The molecule has 9 nitrogen and oxygen atoms in total. The third-order valence-corrected chi connectivity index (χ3v) is 4.32. The predicted octanol–water partition coefficient (Wildman–Crippen LogP) is 0.853. The van der Waals surface area contributed by atoms with E-state index in [1.165, 1.54) is 43.2 Å². The van der Waals surface area contributed by atoms with Crippen LogP contribution in [0.25, 0.3) is 16.7 Å². The summed E-state index contributed by atoms with van der Waals surface area (Å²) in [5, 5.41) is 28.3. The van der Waals surface area contributed by atoms with Crippen LogP contribution in [0.15, 0.2) is 24.3 Å². The number of carbonyl (C=O) groups excluding carboxylic acids is 2. The van der Waals surface area contributed by atoms with Gasteiger partial charge in [0.05, 0.1) is 24.8 Å². The summed E-state index contributed by atoms with van der Waals surface area (Å²) in [5.41, 5.74) is 2.04. The summed E-state index contributed by atoms with van der Waals surface area (Å²) < 4.78 is 5.10. The Morgan fingerprint density at radius 3 is 2.12 bits per heavy atom. The summed E-state index contributed by atoms with van der Waals surface area (Å²) in [6.07, 6.45) is 0. The second-order valence-electron chi connectivity index (χ2n) is 5.87. The summed E-state index contributed by atoms with van der Waals surface area (Å²) in [4.78, 5) is 26.4. The van der Waals surface area contributed by atoms with Crippen LogP contribution in [0.2, 0.25) is 0 Å². The lowest BCUT2D eigenvalue weighted by atomic mass is 10.1. The molecule has 0 atom stereocenters. The molecular formula is C17H14N4O5. The highest BCUT2D eigenvalue weighted by Crippen LogP contribution is 2.34. The fourth-order valence-corrected chi connectivity index (χ4v) is 2.93. The molecule has 9 heteroatoms. The Labute approximate surface area is 147 Å². The van der Waals surface area contributed by atoms with Crippen LogP contribution in [0.1, 0.15) is 26.3 Å². The Bertz CT molecular complexity index is 1040. The van der Waals surface area contributed by atoms with E-state index in [9.17, 15) is 19.8 Å². The van der Waals surface area contributed by atoms with Crippen LogP contribution in [0.3, 0.4) is 0 Å². The highest BCUT2D eigenvalue weighted by molar-refractivity contribution is 6.22. The number of aromatic nitrogens is 3. The second-order valence-corrected chi connectivity index (χ2v) is 5.87. The summed E-state index contributed by atoms with van der Waals surface area (Å²) in [6, 6.07) is 6.03. The lowest BCUT2D eigenvalue weighted by Crippen LogP contribution is -2.24. The van der Waals surface area contributed by atoms with Crippen LogP contribution in [0.4, 0.5) is 0 Å². The molecular weight excluding hydrogens is 340 g/mol. The Balaban J connectivity index is 1.91. The molecule has 0 bridgehead atoms. The van der Waals surface area contributed by atoms with Crippen molar-refractivity contribution in [2.24, 2.45) is 0 Å². The third kappa shape index (κ3) is 2.14. The SMILES string of the molecule is COc1cc(CO)cc(-n2nc3cc4c(cc3n2)C(=O)N(C)C4=O)c1O. The van der Waals surface area contributed by atoms with E-state index in [2.05, 4.69) is 10.2 Å². The molecule has 0 spiro atoms. The molecule has 26 heavy (non-hydrogen) atoms. The van der Waals surface area contributed by atoms with Crippen molar-refractivity contribution in [1.29, 1.82) is 0 Å². The predicted molar refractivity (Wildman–Crippen MR) is 89.4 cm³/mol. The third-order valence-electron chi connectivity index (χ3n) is 4.32. The summed E-state index contributed by atoms with van der Waals surface area (Å²) in [6.45, 7) is -0.256. The van der Waals surface area contributed by atoms with Crippen LogP contribution >= 0.6 is 0 Å². The highest BCUT2D eigenvalue weighted by atomic mass is 16.5. The minimum Gasteiger partial charge on any atom is -0.503 e. The Hall–Kier alpha value is -3.46. The number of carbonyl (C=O) groups is 2. The summed E-state index contributed by atoms with van der Waals surface area (Å²) >= 11 is 0. The second kappa shape index (κ2) is 5.53. The highest BCUT2D eigenvalue weighted by Gasteiger charge is 2.33. The molecule has 0 radical (unpaired) electrons. The quantitative estimate of drug-likeness (QED) is 0.670. The molecule has 2 amide bonds. The van der Waals surface area contributed by atoms with Crippen LogP contribution in [0, 0.1) is 0 Å². The average molecular weight is 354 g/mol. The first-order valence-electron chi connectivity index (χ1n) is 7.69. The number of aromatic hydroxyl groups is 1. The molecule has 0 aliphatic carbocycles. The van der Waals surface area contributed by atoms with E-state index < -0.39 is 11.8 Å². The van der Waals surface area contributed by atoms with Crippen molar-refractivity contribution in [3.8, 4) is 17.2 Å². The molecule has 1 aliphatic heterocycles. The Morgan fingerprint density at radius 2 is 1.62 bits per heavy atom. The van der Waals surface area contributed by atoms with Crippen molar-refractivity contribution in [2.75, 3.05) is 14.2 Å². The fraction of sp³-hybridized carbons (Fsp3) is 0.176. The number of aliphatic hydroxyl groups excluding tert-OH is 1. The zero-order valence-electron chi connectivity index (χ0n) is 13.9. The van der Waals surface area contributed by atoms with Gasteiger partial charge in [-0.2, -0.15) is 0 Å². The molecule has 0 fully saturated rings. The zero-order valence-corrected chi connectivity index (χ0v) is 13.9. The number of fused-ring (bicyclic) bond motifs is 2. The summed E-state index contributed by atoms with van der Waals surface area (Å²) in [7, 11) is 2.81. The molecule has 2 aromatic carbocycles. The number of phenolic OH excluding ortho intramolecular Hbond substituents is 1. The average Bonchev–Trinajstić information content (AvgIpc) is 3.15. The van der Waals surface area contributed by atoms with Crippen molar-refractivity contribution in [3.05, 3.63) is 41.0 Å². The maximum atomic E-state index is 12.1. The van der Waals surface area contributed by atoms with Gasteiger partial charge in [0.1, 0.15) is 16.7 Å². The number of benzene rings is 2. The molecule has 1 aliphatic rings. The minimum atomic E-state index is -0.395. The summed E-state index contributed by atoms with van der Waals surface area (Å²) in [5.74, 6) is -0.812. The van der Waals surface area contributed by atoms with Crippen LogP contribution in [-0.4, -0.2) is 56.1 Å². The van der Waals surface area contributed by atoms with Gasteiger partial charge in [0, 0.05) is 7.05 Å². The van der Waals surface area contributed by atoms with Crippen LogP contribution in [-0.2, 0) is 6.61 Å². The first-order valence-corrected chi connectivity index (χ1v) is 7.69. The van der Waals surface area contributed by atoms with Crippen molar-refractivity contribution in [1.82, 2.24) is 19.9 Å². The molecule has 2 N–H and O–H groups in total. The van der Waals surface area contributed by atoms with E-state index in [0.717, 1.165) is 4.90 Å². The van der Waals surface area contributed by atoms with E-state index in [1.54, 1.807) is 0 Å². The van der Waals surface area contributed by atoms with Crippen molar-refractivity contribution in [3.63, 3.8) is 0 Å². The van der Waals surface area contributed by atoms with E-state index in [1.807, 2.05) is 0 Å². The van der Waals surface area contributed by atoms with Crippen molar-refractivity contribution < 1.29 is 24.5 Å². The first-order chi connectivity index (χ1) is 12.4. The molecule has 2 heterocycles. The number of amides is 2. The van der Waals surface area contributed by atoms with Gasteiger partial charge < -0.3 is 14.9 Å². The molecule has 4 rings (SSSR count).